The van der Waals surface area contributed by atoms with E-state index in [-0.39, 0.29) is 0 Å². The maximum Gasteiger partial charge on any atom is 0.450 e. The smallest absolute Gasteiger partial charge is 0.377 e. The highest BCUT2D eigenvalue weighted by Gasteiger charge is 3.08. The number of carbonyl (C=O) groups excluding carboxylic acids is 1. The third-order valence-electron chi connectivity index (χ3n) is 4.87. The molecule has 170 valence electrons. The molecule has 2 saturated carbocycles. The number of carbonyl (C=O) groups is 1. The molecule has 0 aromatic rings. The van der Waals surface area contributed by atoms with Gasteiger partial charge in [-0.05, 0) is 0 Å². The molecule has 2 aliphatic rings. The number of halogens is 15. The van der Waals surface area contributed by atoms with Crippen molar-refractivity contribution in [1.29, 1.82) is 0 Å². The van der Waals surface area contributed by atoms with E-state index in [1.54, 1.807) is 0 Å². The molecule has 2 fully saturated rings. The lowest BCUT2D eigenvalue weighted by Crippen LogP contribution is -2.97. The third-order valence-corrected chi connectivity index (χ3v) is 4.87. The lowest BCUT2D eigenvalue weighted by molar-refractivity contribution is -0.545. The summed E-state index contributed by atoms with van der Waals surface area (Å²) >= 11 is 0. The zero-order valence-corrected chi connectivity index (χ0v) is 12.5. The first-order chi connectivity index (χ1) is 12.3. The van der Waals surface area contributed by atoms with Crippen molar-refractivity contribution in [3.05, 3.63) is 0 Å². The Morgan fingerprint density at radius 1 is 0.552 bits per heavy atom. The lowest BCUT2D eigenvalue weighted by Gasteiger charge is -2.65. The van der Waals surface area contributed by atoms with E-state index in [0.717, 1.165) is 0 Å². The molecule has 0 spiro atoms. The Bertz CT molecular complexity index is 665. The van der Waals surface area contributed by atoms with Gasteiger partial charge < -0.3 is 10.2 Å². The molecule has 2 aliphatic carbocycles. The van der Waals surface area contributed by atoms with Crippen molar-refractivity contribution in [2.45, 2.75) is 52.9 Å². The van der Waals surface area contributed by atoms with Crippen LogP contribution in [0.5, 0.6) is 0 Å². The molecule has 0 radical (unpaired) electrons. The average molecular weight is 468 g/mol. The van der Waals surface area contributed by atoms with Crippen LogP contribution >= 0.6 is 0 Å². The summed E-state index contributed by atoms with van der Waals surface area (Å²) < 4.78 is 197. The Kier molecular flexibility index (Phi) is 4.15. The second-order valence-electron chi connectivity index (χ2n) is 6.27. The molecule has 0 bridgehead atoms. The molecule has 0 saturated heterocycles. The van der Waals surface area contributed by atoms with Gasteiger partial charge in [0.1, 0.15) is 5.92 Å². The van der Waals surface area contributed by atoms with Crippen LogP contribution in [0.3, 0.4) is 0 Å². The van der Waals surface area contributed by atoms with E-state index in [1.165, 1.54) is 0 Å². The molecule has 0 heterocycles. The van der Waals surface area contributed by atoms with E-state index in [4.69, 9.17) is 10.2 Å². The molecule has 0 atom stereocenters. The van der Waals surface area contributed by atoms with E-state index < -0.39 is 64.6 Å². The second-order valence-corrected chi connectivity index (χ2v) is 6.27. The Morgan fingerprint density at radius 2 is 0.759 bits per heavy atom. The lowest BCUT2D eigenvalue weighted by atomic mass is 9.49. The standard InChI is InChI=1S/C11H3F15O3/c12-5(13,14)2(27)1(3(28)6(15,16)10(23,24)7(3,17)18)4(29)8(19,20)11(25,26)9(4,21)22/h1,28-29H. The van der Waals surface area contributed by atoms with E-state index in [0.29, 0.717) is 0 Å². The summed E-state index contributed by atoms with van der Waals surface area (Å²) in [5.74, 6) is -52.6. The third kappa shape index (κ3) is 1.87. The second kappa shape index (κ2) is 5.05. The van der Waals surface area contributed by atoms with Crippen molar-refractivity contribution in [2.24, 2.45) is 5.92 Å². The summed E-state index contributed by atoms with van der Waals surface area (Å²) in [6.07, 6.45) is -7.00. The highest BCUT2D eigenvalue weighted by Crippen LogP contribution is 2.77. The predicted molar refractivity (Wildman–Crippen MR) is 54.1 cm³/mol. The number of hydrogen-bond donors (Lipinski definition) is 2. The topological polar surface area (TPSA) is 57.5 Å². The molecular formula is C11H3F15O3. The minimum Gasteiger partial charge on any atom is -0.377 e. The van der Waals surface area contributed by atoms with Crippen LogP contribution < -0.4 is 0 Å². The molecular weight excluding hydrogens is 465 g/mol. The molecule has 0 aromatic carbocycles. The van der Waals surface area contributed by atoms with Crippen molar-refractivity contribution >= 4 is 5.78 Å². The number of alkyl halides is 15. The Hall–Kier alpha value is -1.46. The summed E-state index contributed by atoms with van der Waals surface area (Å²) in [5.41, 5.74) is -13.5. The van der Waals surface area contributed by atoms with Gasteiger partial charge in [0.15, 0.2) is 0 Å². The summed E-state index contributed by atoms with van der Waals surface area (Å²) in [6, 6.07) is 0. The van der Waals surface area contributed by atoms with Crippen LogP contribution in [0.1, 0.15) is 0 Å². The SMILES string of the molecule is O=C(C(C1(O)C(F)(F)C(F)(F)C1(F)F)C1(O)C(F)(F)C(F)(F)C1(F)F)C(F)(F)F. The average Bonchev–Trinajstić information content (AvgIpc) is 2.51. The minimum absolute atomic E-state index is 4.63. The van der Waals surface area contributed by atoms with E-state index in [9.17, 15) is 70.7 Å². The number of Topliss-reactive ketones (excluding diaryl/α,β-unsaturated/α-hetero) is 1. The van der Waals surface area contributed by atoms with Crippen molar-refractivity contribution in [3.63, 3.8) is 0 Å². The number of hydrogen-bond acceptors (Lipinski definition) is 3. The van der Waals surface area contributed by atoms with Gasteiger partial charge in [-0.1, -0.05) is 0 Å². The quantitative estimate of drug-likeness (QED) is 0.627. The van der Waals surface area contributed by atoms with Crippen molar-refractivity contribution in [1.82, 2.24) is 0 Å². The molecule has 0 aliphatic heterocycles. The van der Waals surface area contributed by atoms with Gasteiger partial charge in [0.25, 0.3) is 0 Å². The Balaban J connectivity index is 2.91. The van der Waals surface area contributed by atoms with E-state index in [2.05, 4.69) is 0 Å². The number of rotatable bonds is 3. The van der Waals surface area contributed by atoms with Gasteiger partial charge in [0.05, 0.1) is 0 Å². The highest BCUT2D eigenvalue weighted by atomic mass is 19.4. The van der Waals surface area contributed by atoms with Gasteiger partial charge in [-0.25, -0.2) is 0 Å². The molecule has 0 aromatic heterocycles. The largest absolute Gasteiger partial charge is 0.450 e. The number of ketones is 1. The zero-order chi connectivity index (χ0) is 23.7. The molecule has 0 unspecified atom stereocenters. The van der Waals surface area contributed by atoms with Gasteiger partial charge in [0, 0.05) is 0 Å². The summed E-state index contributed by atoms with van der Waals surface area (Å²) in [4.78, 5) is 11.1. The fourth-order valence-electron chi connectivity index (χ4n) is 3.19. The fraction of sp³-hybridized carbons (Fsp3) is 0.909. The van der Waals surface area contributed by atoms with Gasteiger partial charge in [-0.3, -0.25) is 4.79 Å². The summed E-state index contributed by atoms with van der Waals surface area (Å²) in [6.45, 7) is 0. The van der Waals surface area contributed by atoms with Crippen LogP contribution in [-0.2, 0) is 4.79 Å². The zero-order valence-electron chi connectivity index (χ0n) is 12.5. The maximum atomic E-state index is 13.5. The molecule has 2 rings (SSSR count). The van der Waals surface area contributed by atoms with Crippen molar-refractivity contribution in [3.8, 4) is 0 Å². The minimum atomic E-state index is -7.04. The molecule has 3 nitrogen and oxygen atoms in total. The first-order valence-corrected chi connectivity index (χ1v) is 6.60. The summed E-state index contributed by atoms with van der Waals surface area (Å²) in [5, 5.41) is 18.3. The summed E-state index contributed by atoms with van der Waals surface area (Å²) in [7, 11) is 0. The van der Waals surface area contributed by atoms with Crippen molar-refractivity contribution < 1.29 is 80.9 Å². The maximum absolute atomic E-state index is 13.5. The van der Waals surface area contributed by atoms with E-state index >= 15 is 0 Å². The normalized spacial score (nSPS) is 31.5. The van der Waals surface area contributed by atoms with Crippen LogP contribution in [0, 0.1) is 5.92 Å². The Labute approximate surface area is 147 Å². The van der Waals surface area contributed by atoms with Gasteiger partial charge in [0.2, 0.25) is 17.0 Å². The predicted octanol–water partition coefficient (Wildman–Crippen LogP) is 3.04. The Morgan fingerprint density at radius 3 is 0.931 bits per heavy atom. The molecule has 2 N–H and O–H groups in total. The molecule has 18 heteroatoms. The van der Waals surface area contributed by atoms with Crippen LogP contribution in [-0.4, -0.2) is 68.9 Å². The van der Waals surface area contributed by atoms with Crippen molar-refractivity contribution in [2.75, 3.05) is 0 Å². The first kappa shape index (κ1) is 23.8. The van der Waals surface area contributed by atoms with Gasteiger partial charge >= 0.3 is 41.7 Å². The molecule has 29 heavy (non-hydrogen) atoms. The van der Waals surface area contributed by atoms with Crippen LogP contribution in [0.2, 0.25) is 0 Å². The monoisotopic (exact) mass is 468 g/mol. The molecule has 0 amide bonds. The van der Waals surface area contributed by atoms with Crippen LogP contribution in [0.25, 0.3) is 0 Å². The first-order valence-electron chi connectivity index (χ1n) is 6.60. The van der Waals surface area contributed by atoms with Crippen LogP contribution in [0.4, 0.5) is 65.9 Å². The van der Waals surface area contributed by atoms with Gasteiger partial charge in [-0.2, -0.15) is 65.9 Å². The fourth-order valence-corrected chi connectivity index (χ4v) is 3.19. The van der Waals surface area contributed by atoms with Crippen LogP contribution in [0.15, 0.2) is 0 Å². The highest BCUT2D eigenvalue weighted by molar-refractivity contribution is 5.90. The van der Waals surface area contributed by atoms with Gasteiger partial charge in [-0.15, -0.1) is 0 Å². The number of aliphatic hydroxyl groups is 2. The van der Waals surface area contributed by atoms with E-state index in [1.807, 2.05) is 0 Å².